The summed E-state index contributed by atoms with van der Waals surface area (Å²) in [6, 6.07) is 0. The minimum atomic E-state index is -0.318. The molecule has 1 amide bonds. The van der Waals surface area contributed by atoms with E-state index in [0.29, 0.717) is 24.9 Å². The van der Waals surface area contributed by atoms with Crippen LogP contribution in [0.15, 0.2) is 4.99 Å². The van der Waals surface area contributed by atoms with Crippen LogP contribution in [0.2, 0.25) is 0 Å². The second-order valence-corrected chi connectivity index (χ2v) is 5.03. The van der Waals surface area contributed by atoms with Crippen LogP contribution in [0, 0.1) is 11.8 Å². The average molecular weight is 254 g/mol. The Morgan fingerprint density at radius 3 is 2.94 bits per heavy atom. The van der Waals surface area contributed by atoms with Crippen molar-refractivity contribution >= 4 is 12.1 Å². The van der Waals surface area contributed by atoms with Gasteiger partial charge < -0.3 is 20.7 Å². The molecule has 0 bridgehead atoms. The number of amides is 1. The number of rotatable bonds is 4. The smallest absolute Gasteiger partial charge is 0.407 e. The van der Waals surface area contributed by atoms with Crippen LogP contribution >= 0.6 is 0 Å². The van der Waals surface area contributed by atoms with Gasteiger partial charge in [-0.1, -0.05) is 13.8 Å². The molecule has 1 aliphatic carbocycles. The molecule has 0 radical (unpaired) electrons. The lowest BCUT2D eigenvalue weighted by Crippen LogP contribution is -2.44. The van der Waals surface area contributed by atoms with Crippen molar-refractivity contribution in [1.82, 2.24) is 16.0 Å². The van der Waals surface area contributed by atoms with Crippen molar-refractivity contribution in [3.05, 3.63) is 0 Å². The molecule has 2 aliphatic rings. The Morgan fingerprint density at radius 2 is 2.33 bits per heavy atom. The Bertz CT molecular complexity index is 332. The molecule has 0 aromatic carbocycles. The van der Waals surface area contributed by atoms with Crippen molar-refractivity contribution in [2.45, 2.75) is 26.4 Å². The second-order valence-electron chi connectivity index (χ2n) is 5.03. The first kappa shape index (κ1) is 13.0. The van der Waals surface area contributed by atoms with E-state index in [1.54, 1.807) is 0 Å². The molecule has 0 aromatic heterocycles. The number of nitrogens with one attached hydrogen (secondary N) is 3. The van der Waals surface area contributed by atoms with Gasteiger partial charge in [-0.3, -0.25) is 4.99 Å². The highest BCUT2D eigenvalue weighted by molar-refractivity contribution is 5.81. The fraction of sp³-hybridized carbons (Fsp3) is 0.833. The third kappa shape index (κ3) is 3.27. The lowest BCUT2D eigenvalue weighted by molar-refractivity contribution is -0.0285. The summed E-state index contributed by atoms with van der Waals surface area (Å²) in [5.41, 5.74) is 0. The van der Waals surface area contributed by atoms with Gasteiger partial charge in [-0.2, -0.15) is 0 Å². The molecule has 1 heterocycles. The van der Waals surface area contributed by atoms with Crippen LogP contribution in [-0.2, 0) is 4.74 Å². The Balaban J connectivity index is 1.52. The van der Waals surface area contributed by atoms with E-state index in [9.17, 15) is 4.79 Å². The highest BCUT2D eigenvalue weighted by Crippen LogP contribution is 2.35. The van der Waals surface area contributed by atoms with Gasteiger partial charge in [0.25, 0.3) is 0 Å². The number of hydrogen-bond donors (Lipinski definition) is 3. The van der Waals surface area contributed by atoms with Crippen LogP contribution in [0.4, 0.5) is 4.79 Å². The molecule has 102 valence electrons. The fourth-order valence-electron chi connectivity index (χ4n) is 2.16. The lowest BCUT2D eigenvalue weighted by Gasteiger charge is -2.39. The first-order chi connectivity index (χ1) is 8.66. The molecule has 0 spiro atoms. The molecule has 0 aromatic rings. The van der Waals surface area contributed by atoms with E-state index in [0.717, 1.165) is 25.5 Å². The minimum absolute atomic E-state index is 0.0915. The first-order valence-corrected chi connectivity index (χ1v) is 6.63. The number of ether oxygens (including phenoxy) is 1. The van der Waals surface area contributed by atoms with Crippen LogP contribution in [0.3, 0.4) is 0 Å². The van der Waals surface area contributed by atoms with Crippen molar-refractivity contribution in [1.29, 1.82) is 0 Å². The molecule has 1 unspecified atom stereocenters. The number of alkyl carbamates (subject to hydrolysis) is 1. The van der Waals surface area contributed by atoms with Gasteiger partial charge in [-0.25, -0.2) is 4.79 Å². The number of nitrogens with zero attached hydrogens (tertiary/aromatic N) is 1. The van der Waals surface area contributed by atoms with Gasteiger partial charge in [0.05, 0.1) is 6.54 Å². The molecule has 1 aliphatic heterocycles. The Labute approximate surface area is 108 Å². The minimum Gasteiger partial charge on any atom is -0.446 e. The van der Waals surface area contributed by atoms with Crippen LogP contribution in [0.5, 0.6) is 0 Å². The number of aliphatic imine (C=N–C) groups is 1. The summed E-state index contributed by atoms with van der Waals surface area (Å²) in [5.74, 6) is 1.95. The molecule has 1 saturated carbocycles. The van der Waals surface area contributed by atoms with Crippen molar-refractivity contribution in [2.75, 3.05) is 26.2 Å². The molecule has 3 N–H and O–H groups in total. The summed E-state index contributed by atoms with van der Waals surface area (Å²) in [7, 11) is 0. The van der Waals surface area contributed by atoms with Gasteiger partial charge in [0, 0.05) is 19.6 Å². The topological polar surface area (TPSA) is 74.8 Å². The zero-order chi connectivity index (χ0) is 13.0. The van der Waals surface area contributed by atoms with Crippen molar-refractivity contribution in [3.63, 3.8) is 0 Å². The highest BCUT2D eigenvalue weighted by Gasteiger charge is 2.37. The normalized spacial score (nSPS) is 29.9. The SMILES string of the molecule is CC1C[C@H](OC(=O)NCCNC2=NCCN2)[C@@H]1C. The molecule has 3 atom stereocenters. The predicted molar refractivity (Wildman–Crippen MR) is 69.5 cm³/mol. The number of guanidine groups is 1. The molecule has 1 fully saturated rings. The molecule has 0 saturated heterocycles. The zero-order valence-corrected chi connectivity index (χ0v) is 11.0. The summed E-state index contributed by atoms with van der Waals surface area (Å²) in [6.45, 7) is 7.19. The molecule has 18 heavy (non-hydrogen) atoms. The van der Waals surface area contributed by atoms with E-state index < -0.39 is 0 Å². The number of carbonyl (C=O) groups is 1. The maximum Gasteiger partial charge on any atom is 0.407 e. The summed E-state index contributed by atoms with van der Waals surface area (Å²) < 4.78 is 5.32. The lowest BCUT2D eigenvalue weighted by atomic mass is 9.73. The maximum absolute atomic E-state index is 11.5. The average Bonchev–Trinajstić information content (AvgIpc) is 2.87. The molecule has 2 rings (SSSR count). The van der Waals surface area contributed by atoms with Crippen LogP contribution in [0.1, 0.15) is 20.3 Å². The number of carbonyl (C=O) groups excluding carboxylic acids is 1. The van der Waals surface area contributed by atoms with Crippen molar-refractivity contribution in [2.24, 2.45) is 16.8 Å². The van der Waals surface area contributed by atoms with Gasteiger partial charge in [0.2, 0.25) is 0 Å². The van der Waals surface area contributed by atoms with Gasteiger partial charge in [-0.05, 0) is 18.3 Å². The summed E-state index contributed by atoms with van der Waals surface area (Å²) in [5, 5.41) is 8.94. The van der Waals surface area contributed by atoms with Crippen LogP contribution in [-0.4, -0.2) is 44.3 Å². The monoisotopic (exact) mass is 254 g/mol. The molecular formula is C12H22N4O2. The standard InChI is InChI=1S/C12H22N4O2/c1-8-7-10(9(8)2)18-12(17)16-6-5-15-11-13-3-4-14-11/h8-10H,3-7H2,1-2H3,(H,16,17)(H2,13,14,15)/t8?,9-,10+/m1/s1. The molecular weight excluding hydrogens is 232 g/mol. The molecule has 6 heteroatoms. The quantitative estimate of drug-likeness (QED) is 0.631. The van der Waals surface area contributed by atoms with Gasteiger partial charge in [-0.15, -0.1) is 0 Å². The third-order valence-corrected chi connectivity index (χ3v) is 3.71. The summed E-state index contributed by atoms with van der Waals surface area (Å²) in [6.07, 6.45) is 0.754. The zero-order valence-electron chi connectivity index (χ0n) is 11.0. The maximum atomic E-state index is 11.5. The Morgan fingerprint density at radius 1 is 1.50 bits per heavy atom. The Hall–Kier alpha value is -1.46. The van der Waals surface area contributed by atoms with Crippen molar-refractivity contribution in [3.8, 4) is 0 Å². The van der Waals surface area contributed by atoms with E-state index in [2.05, 4.69) is 34.8 Å². The Kier molecular flexibility index (Phi) is 4.28. The predicted octanol–water partition coefficient (Wildman–Crippen LogP) is 0.306. The summed E-state index contributed by atoms with van der Waals surface area (Å²) in [4.78, 5) is 15.7. The number of hydrogen-bond acceptors (Lipinski definition) is 5. The largest absolute Gasteiger partial charge is 0.446 e. The van der Waals surface area contributed by atoms with E-state index in [1.165, 1.54) is 0 Å². The van der Waals surface area contributed by atoms with E-state index in [-0.39, 0.29) is 12.2 Å². The van der Waals surface area contributed by atoms with Gasteiger partial charge >= 0.3 is 6.09 Å². The van der Waals surface area contributed by atoms with E-state index in [4.69, 9.17) is 4.74 Å². The van der Waals surface area contributed by atoms with E-state index >= 15 is 0 Å². The first-order valence-electron chi connectivity index (χ1n) is 6.63. The summed E-state index contributed by atoms with van der Waals surface area (Å²) >= 11 is 0. The highest BCUT2D eigenvalue weighted by atomic mass is 16.6. The third-order valence-electron chi connectivity index (χ3n) is 3.71. The van der Waals surface area contributed by atoms with Gasteiger partial charge in [0.1, 0.15) is 6.10 Å². The van der Waals surface area contributed by atoms with Gasteiger partial charge in [0.15, 0.2) is 5.96 Å². The van der Waals surface area contributed by atoms with Crippen molar-refractivity contribution < 1.29 is 9.53 Å². The fourth-order valence-corrected chi connectivity index (χ4v) is 2.16. The second kappa shape index (κ2) is 5.93. The molecule has 6 nitrogen and oxygen atoms in total. The van der Waals surface area contributed by atoms with E-state index in [1.807, 2.05) is 0 Å². The van der Waals surface area contributed by atoms with Crippen LogP contribution in [0.25, 0.3) is 0 Å². The van der Waals surface area contributed by atoms with Crippen LogP contribution < -0.4 is 16.0 Å².